The van der Waals surface area contributed by atoms with Crippen molar-refractivity contribution in [2.24, 2.45) is 0 Å². The summed E-state index contributed by atoms with van der Waals surface area (Å²) in [7, 11) is 0. The summed E-state index contributed by atoms with van der Waals surface area (Å²) in [4.78, 5) is 15.8. The van der Waals surface area contributed by atoms with Gasteiger partial charge in [0.25, 0.3) is 0 Å². The number of rotatable bonds is 3. The lowest BCUT2D eigenvalue weighted by atomic mass is 10.2. The molecule has 1 aromatic heterocycles. The molecule has 0 saturated heterocycles. The largest absolute Gasteiger partial charge is 0.444 e. The van der Waals surface area contributed by atoms with Crippen LogP contribution in [0.15, 0.2) is 42.6 Å². The summed E-state index contributed by atoms with van der Waals surface area (Å²) < 4.78 is 10.8. The summed E-state index contributed by atoms with van der Waals surface area (Å²) >= 11 is 0. The molecule has 0 atom stereocenters. The molecule has 1 aromatic carbocycles. The van der Waals surface area contributed by atoms with Crippen molar-refractivity contribution in [1.29, 1.82) is 5.26 Å². The van der Waals surface area contributed by atoms with E-state index >= 15 is 0 Å². The predicted octanol–water partition coefficient (Wildman–Crippen LogP) is 4.09. The van der Waals surface area contributed by atoms with Gasteiger partial charge in [0, 0.05) is 12.3 Å². The van der Waals surface area contributed by atoms with Gasteiger partial charge in [-0.25, -0.2) is 9.78 Å². The molecule has 0 spiro atoms. The first-order valence-electron chi connectivity index (χ1n) is 7.00. The first-order valence-corrected chi connectivity index (χ1v) is 7.00. The van der Waals surface area contributed by atoms with Gasteiger partial charge in [0.05, 0.1) is 11.3 Å². The lowest BCUT2D eigenvalue weighted by Crippen LogP contribution is -2.27. The number of amides is 1. The number of aromatic nitrogens is 1. The van der Waals surface area contributed by atoms with E-state index in [1.54, 1.807) is 57.2 Å². The Bertz CT molecular complexity index is 745. The Hall–Kier alpha value is -3.07. The van der Waals surface area contributed by atoms with Crippen LogP contribution < -0.4 is 10.1 Å². The van der Waals surface area contributed by atoms with Gasteiger partial charge in [0.15, 0.2) is 0 Å². The van der Waals surface area contributed by atoms with E-state index in [9.17, 15) is 4.79 Å². The number of carbonyl (C=O) groups is 1. The molecular weight excluding hydrogens is 294 g/mol. The van der Waals surface area contributed by atoms with Crippen LogP contribution in [0, 0.1) is 11.3 Å². The smallest absolute Gasteiger partial charge is 0.412 e. The number of benzene rings is 1. The maximum Gasteiger partial charge on any atom is 0.412 e. The van der Waals surface area contributed by atoms with Crippen molar-refractivity contribution in [2.75, 3.05) is 5.32 Å². The van der Waals surface area contributed by atoms with Crippen molar-refractivity contribution in [1.82, 2.24) is 4.98 Å². The molecule has 0 saturated carbocycles. The van der Waals surface area contributed by atoms with Crippen LogP contribution in [-0.2, 0) is 4.74 Å². The van der Waals surface area contributed by atoms with Crippen molar-refractivity contribution >= 4 is 11.8 Å². The van der Waals surface area contributed by atoms with Crippen molar-refractivity contribution < 1.29 is 14.3 Å². The Morgan fingerprint density at radius 2 is 2.00 bits per heavy atom. The number of pyridine rings is 1. The molecule has 1 heterocycles. The summed E-state index contributed by atoms with van der Waals surface area (Å²) in [6.45, 7) is 5.35. The second kappa shape index (κ2) is 6.79. The van der Waals surface area contributed by atoms with Gasteiger partial charge >= 0.3 is 6.09 Å². The van der Waals surface area contributed by atoms with Crippen molar-refractivity contribution in [3.63, 3.8) is 0 Å². The second-order valence-corrected chi connectivity index (χ2v) is 5.72. The fourth-order valence-corrected chi connectivity index (χ4v) is 1.73. The summed E-state index contributed by atoms with van der Waals surface area (Å²) in [6, 6.07) is 12.1. The van der Waals surface area contributed by atoms with Gasteiger partial charge in [-0.15, -0.1) is 0 Å². The van der Waals surface area contributed by atoms with E-state index < -0.39 is 11.7 Å². The van der Waals surface area contributed by atoms with Gasteiger partial charge in [-0.05, 0) is 39.0 Å². The van der Waals surface area contributed by atoms with Gasteiger partial charge in [-0.2, -0.15) is 5.26 Å². The van der Waals surface area contributed by atoms with E-state index in [2.05, 4.69) is 10.3 Å². The highest BCUT2D eigenvalue weighted by Gasteiger charge is 2.16. The van der Waals surface area contributed by atoms with E-state index in [-0.39, 0.29) is 5.88 Å². The number of hydrogen-bond acceptors (Lipinski definition) is 5. The minimum atomic E-state index is -0.581. The first kappa shape index (κ1) is 16.3. The zero-order valence-electron chi connectivity index (χ0n) is 13.2. The van der Waals surface area contributed by atoms with Crippen LogP contribution >= 0.6 is 0 Å². The number of hydrogen-bond donors (Lipinski definition) is 1. The maximum absolute atomic E-state index is 11.8. The Kier molecular flexibility index (Phi) is 4.82. The predicted molar refractivity (Wildman–Crippen MR) is 85.3 cm³/mol. The normalized spacial score (nSPS) is 10.5. The van der Waals surface area contributed by atoms with Crippen LogP contribution in [0.1, 0.15) is 26.3 Å². The highest BCUT2D eigenvalue weighted by molar-refractivity contribution is 5.84. The van der Waals surface area contributed by atoms with Crippen LogP contribution in [0.5, 0.6) is 11.6 Å². The standard InChI is InChI=1S/C17H17N3O3/c1-17(2,3)23-16(21)20-13-8-9-19-15(10-13)22-14-7-5-4-6-12(14)11-18/h4-10H,1-3H3,(H,19,20,21). The fourth-order valence-electron chi connectivity index (χ4n) is 1.73. The number of carbonyl (C=O) groups excluding carboxylic acids is 1. The zero-order chi connectivity index (χ0) is 16.9. The number of nitrogens with zero attached hydrogens (tertiary/aromatic N) is 2. The minimum absolute atomic E-state index is 0.265. The molecule has 23 heavy (non-hydrogen) atoms. The van der Waals surface area contributed by atoms with Crippen LogP contribution in [0.2, 0.25) is 0 Å². The molecule has 0 aliphatic heterocycles. The fraction of sp³-hybridized carbons (Fsp3) is 0.235. The van der Waals surface area contributed by atoms with Crippen LogP contribution in [-0.4, -0.2) is 16.7 Å². The summed E-state index contributed by atoms with van der Waals surface area (Å²) in [5.41, 5.74) is 0.306. The number of ether oxygens (including phenoxy) is 2. The molecule has 0 bridgehead atoms. The van der Waals surface area contributed by atoms with Gasteiger partial charge in [0.1, 0.15) is 17.4 Å². The SMILES string of the molecule is CC(C)(C)OC(=O)Nc1ccnc(Oc2ccccc2C#N)c1. The molecule has 1 N–H and O–H groups in total. The van der Waals surface area contributed by atoms with Crippen LogP contribution in [0.4, 0.5) is 10.5 Å². The van der Waals surface area contributed by atoms with Gasteiger partial charge in [-0.3, -0.25) is 5.32 Å². The molecule has 0 radical (unpaired) electrons. The van der Waals surface area contributed by atoms with Crippen molar-refractivity contribution in [3.05, 3.63) is 48.2 Å². The third kappa shape index (κ3) is 5.00. The summed E-state index contributed by atoms with van der Waals surface area (Å²) in [5.74, 6) is 0.665. The Balaban J connectivity index is 2.11. The average molecular weight is 311 g/mol. The molecule has 0 fully saturated rings. The summed E-state index contributed by atoms with van der Waals surface area (Å²) in [6.07, 6.45) is 0.934. The average Bonchev–Trinajstić information content (AvgIpc) is 2.46. The molecule has 0 aliphatic rings. The molecule has 1 amide bonds. The van der Waals surface area contributed by atoms with E-state index in [1.807, 2.05) is 6.07 Å². The van der Waals surface area contributed by atoms with Gasteiger partial charge < -0.3 is 9.47 Å². The van der Waals surface area contributed by atoms with E-state index in [0.29, 0.717) is 17.0 Å². The minimum Gasteiger partial charge on any atom is -0.444 e. The molecule has 6 heteroatoms. The first-order chi connectivity index (χ1) is 10.9. The molecule has 0 unspecified atom stereocenters. The van der Waals surface area contributed by atoms with Crippen LogP contribution in [0.25, 0.3) is 0 Å². The van der Waals surface area contributed by atoms with Crippen molar-refractivity contribution in [3.8, 4) is 17.7 Å². The highest BCUT2D eigenvalue weighted by Crippen LogP contribution is 2.25. The highest BCUT2D eigenvalue weighted by atomic mass is 16.6. The third-order valence-electron chi connectivity index (χ3n) is 2.60. The topological polar surface area (TPSA) is 84.2 Å². The number of para-hydroxylation sites is 1. The van der Waals surface area contributed by atoms with Crippen molar-refractivity contribution in [2.45, 2.75) is 26.4 Å². The van der Waals surface area contributed by atoms with Gasteiger partial charge in [0.2, 0.25) is 5.88 Å². The second-order valence-electron chi connectivity index (χ2n) is 5.72. The molecule has 6 nitrogen and oxygen atoms in total. The Morgan fingerprint density at radius 3 is 2.70 bits per heavy atom. The van der Waals surface area contributed by atoms with E-state index in [4.69, 9.17) is 14.7 Å². The maximum atomic E-state index is 11.8. The van der Waals surface area contributed by atoms with Gasteiger partial charge in [-0.1, -0.05) is 12.1 Å². The Morgan fingerprint density at radius 1 is 1.26 bits per heavy atom. The molecular formula is C17H17N3O3. The monoisotopic (exact) mass is 311 g/mol. The van der Waals surface area contributed by atoms with E-state index in [0.717, 1.165) is 0 Å². The number of nitrogens with one attached hydrogen (secondary N) is 1. The molecule has 118 valence electrons. The Labute approximate surface area is 134 Å². The number of nitriles is 1. The lowest BCUT2D eigenvalue weighted by molar-refractivity contribution is 0.0636. The van der Waals surface area contributed by atoms with E-state index in [1.165, 1.54) is 6.20 Å². The molecule has 0 aliphatic carbocycles. The molecule has 2 aromatic rings. The van der Waals surface area contributed by atoms with Crippen LogP contribution in [0.3, 0.4) is 0 Å². The quantitative estimate of drug-likeness (QED) is 0.922. The zero-order valence-corrected chi connectivity index (χ0v) is 13.2. The summed E-state index contributed by atoms with van der Waals surface area (Å²) in [5, 5.41) is 11.7. The molecule has 2 rings (SSSR count). The number of anilines is 1. The lowest BCUT2D eigenvalue weighted by Gasteiger charge is -2.19. The third-order valence-corrected chi connectivity index (χ3v) is 2.60.